The first-order valence-corrected chi connectivity index (χ1v) is 4.44. The van der Waals surface area contributed by atoms with Crippen molar-refractivity contribution in [3.63, 3.8) is 0 Å². The topological polar surface area (TPSA) is 52.2 Å². The predicted octanol–water partition coefficient (Wildman–Crippen LogP) is 1.46. The molecule has 0 N–H and O–H groups in total. The highest BCUT2D eigenvalue weighted by molar-refractivity contribution is 5.86. The van der Waals surface area contributed by atoms with Crippen molar-refractivity contribution in [2.45, 2.75) is 0 Å². The average Bonchev–Trinajstić information content (AvgIpc) is 2.57. The molecule has 0 radical (unpaired) electrons. The summed E-state index contributed by atoms with van der Waals surface area (Å²) in [4.78, 5) is 21.8. The molecule has 4 nitrogen and oxygen atoms in total. The van der Waals surface area contributed by atoms with Crippen molar-refractivity contribution in [1.82, 2.24) is 4.74 Å². The monoisotopic (exact) mass is 203 g/mol. The largest absolute Gasteiger partial charge is 0.358 e. The van der Waals surface area contributed by atoms with Gasteiger partial charge in [0.05, 0.1) is 11.8 Å². The molecule has 0 amide bonds. The van der Waals surface area contributed by atoms with Crippen molar-refractivity contribution >= 4 is 6.29 Å². The lowest BCUT2D eigenvalue weighted by molar-refractivity contribution is 0.112. The van der Waals surface area contributed by atoms with Gasteiger partial charge in [-0.15, -0.1) is 0 Å². The van der Waals surface area contributed by atoms with E-state index in [0.29, 0.717) is 16.8 Å². The van der Waals surface area contributed by atoms with Gasteiger partial charge in [-0.25, -0.2) is 9.53 Å². The zero-order valence-corrected chi connectivity index (χ0v) is 8.14. The first-order valence-electron chi connectivity index (χ1n) is 4.44. The molecule has 1 heterocycles. The highest BCUT2D eigenvalue weighted by Crippen LogP contribution is 2.20. The van der Waals surface area contributed by atoms with Crippen LogP contribution in [0, 0.1) is 0 Å². The van der Waals surface area contributed by atoms with Crippen molar-refractivity contribution in [2.75, 3.05) is 0 Å². The number of carbonyl (C=O) groups is 1. The molecule has 4 heteroatoms. The number of hydrogen-bond acceptors (Lipinski definition) is 3. The minimum atomic E-state index is -0.423. The van der Waals surface area contributed by atoms with Crippen molar-refractivity contribution in [1.29, 1.82) is 0 Å². The zero-order valence-electron chi connectivity index (χ0n) is 8.14. The van der Waals surface area contributed by atoms with E-state index in [4.69, 9.17) is 4.52 Å². The summed E-state index contributed by atoms with van der Waals surface area (Å²) in [5, 5.41) is 0. The number of benzene rings is 1. The Morgan fingerprint density at radius 1 is 1.33 bits per heavy atom. The number of nitrogens with zero attached hydrogens (tertiary/aromatic N) is 1. The van der Waals surface area contributed by atoms with Gasteiger partial charge >= 0.3 is 5.63 Å². The lowest BCUT2D eigenvalue weighted by atomic mass is 10.1. The normalized spacial score (nSPS) is 10.2. The van der Waals surface area contributed by atoms with Crippen molar-refractivity contribution in [3.8, 4) is 11.3 Å². The van der Waals surface area contributed by atoms with Crippen molar-refractivity contribution in [2.24, 2.45) is 7.05 Å². The molecule has 1 aromatic heterocycles. The van der Waals surface area contributed by atoms with Gasteiger partial charge in [0.1, 0.15) is 0 Å². The minimum Gasteiger partial charge on any atom is -0.336 e. The number of aromatic nitrogens is 1. The van der Waals surface area contributed by atoms with Gasteiger partial charge in [-0.05, 0) is 0 Å². The van der Waals surface area contributed by atoms with E-state index in [2.05, 4.69) is 0 Å². The second kappa shape index (κ2) is 3.57. The molecular weight excluding hydrogens is 194 g/mol. The molecule has 2 rings (SSSR count). The maximum absolute atomic E-state index is 11.0. The van der Waals surface area contributed by atoms with Crippen LogP contribution in [0.2, 0.25) is 0 Å². The summed E-state index contributed by atoms with van der Waals surface area (Å²) in [5.74, 6) is 0. The summed E-state index contributed by atoms with van der Waals surface area (Å²) < 4.78 is 6.17. The molecule has 0 aliphatic rings. The molecule has 0 spiro atoms. The van der Waals surface area contributed by atoms with Crippen LogP contribution in [0.4, 0.5) is 0 Å². The predicted molar refractivity (Wildman–Crippen MR) is 54.8 cm³/mol. The van der Waals surface area contributed by atoms with Gasteiger partial charge in [-0.3, -0.25) is 4.79 Å². The molecular formula is C11H9NO3. The van der Waals surface area contributed by atoms with Gasteiger partial charge in [0, 0.05) is 18.2 Å². The van der Waals surface area contributed by atoms with E-state index in [1.54, 1.807) is 31.3 Å². The third-order valence-corrected chi connectivity index (χ3v) is 2.18. The van der Waals surface area contributed by atoms with E-state index in [1.165, 1.54) is 10.8 Å². The van der Waals surface area contributed by atoms with Crippen LogP contribution in [0.25, 0.3) is 11.3 Å². The first-order chi connectivity index (χ1) is 7.22. The Kier molecular flexibility index (Phi) is 2.25. The highest BCUT2D eigenvalue weighted by Gasteiger charge is 2.09. The van der Waals surface area contributed by atoms with E-state index in [9.17, 15) is 9.59 Å². The Labute approximate surface area is 85.7 Å². The molecule has 0 aliphatic heterocycles. The SMILES string of the molecule is Cn1oc(=O)cc1-c1ccccc1C=O. The van der Waals surface area contributed by atoms with Crippen LogP contribution in [0.5, 0.6) is 0 Å². The summed E-state index contributed by atoms with van der Waals surface area (Å²) in [6.07, 6.45) is 0.757. The molecule has 0 aliphatic carbocycles. The average molecular weight is 203 g/mol. The summed E-state index contributed by atoms with van der Waals surface area (Å²) in [6.45, 7) is 0. The smallest absolute Gasteiger partial charge is 0.336 e. The number of aryl methyl sites for hydroxylation is 1. The maximum Gasteiger partial charge on any atom is 0.358 e. The maximum atomic E-state index is 11.0. The summed E-state index contributed by atoms with van der Waals surface area (Å²) >= 11 is 0. The Hall–Kier alpha value is -2.10. The fourth-order valence-electron chi connectivity index (χ4n) is 1.49. The molecule has 0 unspecified atom stereocenters. The van der Waals surface area contributed by atoms with Gasteiger partial charge in [0.25, 0.3) is 0 Å². The third kappa shape index (κ3) is 1.61. The second-order valence-corrected chi connectivity index (χ2v) is 3.14. The molecule has 0 fully saturated rings. The summed E-state index contributed by atoms with van der Waals surface area (Å²) in [6, 6.07) is 8.40. The van der Waals surface area contributed by atoms with Crippen LogP contribution in [0.3, 0.4) is 0 Å². The molecule has 76 valence electrons. The first kappa shape index (κ1) is 9.45. The van der Waals surface area contributed by atoms with Crippen LogP contribution in [-0.4, -0.2) is 11.0 Å². The van der Waals surface area contributed by atoms with Crippen LogP contribution in [-0.2, 0) is 7.05 Å². The fraction of sp³-hybridized carbons (Fsp3) is 0.0909. The lowest BCUT2D eigenvalue weighted by Gasteiger charge is -2.02. The Morgan fingerprint density at radius 2 is 2.07 bits per heavy atom. The standard InChI is InChI=1S/C11H9NO3/c1-12-10(6-11(14)15-12)9-5-3-2-4-8(9)7-13/h2-7H,1H3. The van der Waals surface area contributed by atoms with Crippen LogP contribution >= 0.6 is 0 Å². The lowest BCUT2D eigenvalue weighted by Crippen LogP contribution is -1.93. The molecule has 1 aromatic carbocycles. The van der Waals surface area contributed by atoms with Crippen molar-refractivity contribution in [3.05, 3.63) is 46.3 Å². The van der Waals surface area contributed by atoms with Gasteiger partial charge in [0.2, 0.25) is 0 Å². The van der Waals surface area contributed by atoms with E-state index in [-0.39, 0.29) is 0 Å². The third-order valence-electron chi connectivity index (χ3n) is 2.18. The van der Waals surface area contributed by atoms with Crippen molar-refractivity contribution < 1.29 is 9.32 Å². The molecule has 0 saturated heterocycles. The summed E-state index contributed by atoms with van der Waals surface area (Å²) in [5.41, 5.74) is 1.41. The van der Waals surface area contributed by atoms with Gasteiger partial charge in [0.15, 0.2) is 6.29 Å². The van der Waals surface area contributed by atoms with E-state index in [0.717, 1.165) is 6.29 Å². The molecule has 0 bridgehead atoms. The number of rotatable bonds is 2. The van der Waals surface area contributed by atoms with E-state index in [1.807, 2.05) is 0 Å². The Morgan fingerprint density at radius 3 is 2.67 bits per heavy atom. The second-order valence-electron chi connectivity index (χ2n) is 3.14. The summed E-state index contributed by atoms with van der Waals surface area (Å²) in [7, 11) is 1.62. The number of carbonyl (C=O) groups excluding carboxylic acids is 1. The molecule has 2 aromatic rings. The van der Waals surface area contributed by atoms with Gasteiger partial charge in [-0.2, -0.15) is 0 Å². The van der Waals surface area contributed by atoms with Gasteiger partial charge in [-0.1, -0.05) is 24.3 Å². The van der Waals surface area contributed by atoms with Crippen LogP contribution in [0.15, 0.2) is 39.6 Å². The van der Waals surface area contributed by atoms with E-state index >= 15 is 0 Å². The Balaban J connectivity index is 2.68. The Bertz CT molecular complexity index is 551. The van der Waals surface area contributed by atoms with Gasteiger partial charge < -0.3 is 4.52 Å². The quantitative estimate of drug-likeness (QED) is 0.694. The van der Waals surface area contributed by atoms with Crippen LogP contribution in [0.1, 0.15) is 10.4 Å². The van der Waals surface area contributed by atoms with Crippen LogP contribution < -0.4 is 5.63 Å². The molecule has 15 heavy (non-hydrogen) atoms. The minimum absolute atomic E-state index is 0.423. The number of aldehydes is 1. The molecule has 0 saturated carbocycles. The highest BCUT2D eigenvalue weighted by atomic mass is 16.5. The number of hydrogen-bond donors (Lipinski definition) is 0. The molecule has 0 atom stereocenters. The zero-order chi connectivity index (χ0) is 10.8. The fourth-order valence-corrected chi connectivity index (χ4v) is 1.49. The van der Waals surface area contributed by atoms with E-state index < -0.39 is 5.63 Å².